The summed E-state index contributed by atoms with van der Waals surface area (Å²) in [5.41, 5.74) is 2.04. The molecule has 1 unspecified atom stereocenters. The lowest BCUT2D eigenvalue weighted by Crippen LogP contribution is -1.97. The predicted octanol–water partition coefficient (Wildman–Crippen LogP) is 4.40. The zero-order valence-corrected chi connectivity index (χ0v) is 13.8. The minimum absolute atomic E-state index is 0.685. The molecule has 2 rings (SSSR count). The summed E-state index contributed by atoms with van der Waals surface area (Å²) in [7, 11) is 0. The summed E-state index contributed by atoms with van der Waals surface area (Å²) in [5.74, 6) is 3.68. The highest BCUT2D eigenvalue weighted by Crippen LogP contribution is 2.24. The van der Waals surface area contributed by atoms with E-state index in [9.17, 15) is 0 Å². The van der Waals surface area contributed by atoms with Crippen LogP contribution in [-0.2, 0) is 0 Å². The molecule has 0 saturated heterocycles. The summed E-state index contributed by atoms with van der Waals surface area (Å²) in [6, 6.07) is 5.99. The van der Waals surface area contributed by atoms with Crippen LogP contribution in [0.1, 0.15) is 26.7 Å². The van der Waals surface area contributed by atoms with Crippen molar-refractivity contribution < 1.29 is 4.74 Å². The van der Waals surface area contributed by atoms with E-state index >= 15 is 0 Å². The van der Waals surface area contributed by atoms with E-state index in [4.69, 9.17) is 4.74 Å². The third-order valence-electron chi connectivity index (χ3n) is 3.21. The summed E-state index contributed by atoms with van der Waals surface area (Å²) >= 11 is 6.06. The number of imidazole rings is 1. The fourth-order valence-electron chi connectivity index (χ4n) is 2.01. The third kappa shape index (κ3) is 4.35. The van der Waals surface area contributed by atoms with Crippen LogP contribution in [-0.4, -0.2) is 28.1 Å². The number of fused-ring (bicyclic) bond motifs is 1. The Morgan fingerprint density at radius 2 is 2.25 bits per heavy atom. The number of benzene rings is 1. The van der Waals surface area contributed by atoms with Gasteiger partial charge < -0.3 is 9.72 Å². The van der Waals surface area contributed by atoms with Crippen molar-refractivity contribution in [2.75, 3.05) is 18.1 Å². The van der Waals surface area contributed by atoms with Gasteiger partial charge in [0, 0.05) is 11.8 Å². The topological polar surface area (TPSA) is 37.9 Å². The lowest BCUT2D eigenvalue weighted by atomic mass is 10.1. The second-order valence-corrected chi connectivity index (χ2v) is 6.44. The Bertz CT molecular complexity index is 542. The van der Waals surface area contributed by atoms with Crippen molar-refractivity contribution >= 4 is 35.4 Å². The molecule has 1 aromatic heterocycles. The van der Waals surface area contributed by atoms with E-state index in [1.807, 2.05) is 25.1 Å². The minimum atomic E-state index is 0.685. The van der Waals surface area contributed by atoms with E-state index < -0.39 is 0 Å². The lowest BCUT2D eigenvalue weighted by Gasteiger charge is -2.07. The molecule has 3 nitrogen and oxygen atoms in total. The van der Waals surface area contributed by atoms with E-state index in [0.29, 0.717) is 6.61 Å². The van der Waals surface area contributed by atoms with E-state index in [1.165, 1.54) is 12.8 Å². The lowest BCUT2D eigenvalue weighted by molar-refractivity contribution is 0.340. The first-order valence-corrected chi connectivity index (χ1v) is 8.71. The Morgan fingerprint density at radius 1 is 1.40 bits per heavy atom. The Labute approximate surface area is 130 Å². The highest BCUT2D eigenvalue weighted by molar-refractivity contribution is 7.99. The van der Waals surface area contributed by atoms with Gasteiger partial charge >= 0.3 is 0 Å². The molecule has 0 aliphatic heterocycles. The molecular weight excluding hydrogens is 288 g/mol. The molecule has 0 aliphatic carbocycles. The number of aromatic nitrogens is 2. The molecule has 0 saturated carbocycles. The fraction of sp³-hybridized carbons (Fsp3) is 0.533. The monoisotopic (exact) mass is 310 g/mol. The molecule has 0 fully saturated rings. The van der Waals surface area contributed by atoms with Crippen molar-refractivity contribution in [1.29, 1.82) is 0 Å². The number of nitrogens with one attached hydrogen (secondary N) is 1. The number of ether oxygens (including phenoxy) is 1. The van der Waals surface area contributed by atoms with Crippen LogP contribution in [0, 0.1) is 5.92 Å². The van der Waals surface area contributed by atoms with Crippen LogP contribution in [0.15, 0.2) is 23.4 Å². The first-order chi connectivity index (χ1) is 9.72. The number of rotatable bonds is 8. The van der Waals surface area contributed by atoms with Crippen molar-refractivity contribution in [3.05, 3.63) is 18.2 Å². The molecule has 1 heterocycles. The molecule has 2 aromatic rings. The Morgan fingerprint density at radius 3 is 3.00 bits per heavy atom. The molecule has 1 aromatic carbocycles. The van der Waals surface area contributed by atoms with Crippen LogP contribution in [0.2, 0.25) is 0 Å². The fourth-order valence-corrected chi connectivity index (χ4v) is 3.51. The van der Waals surface area contributed by atoms with Crippen LogP contribution in [0.3, 0.4) is 0 Å². The zero-order chi connectivity index (χ0) is 14.4. The molecule has 0 bridgehead atoms. The molecule has 0 radical (unpaired) electrons. The molecule has 5 heteroatoms. The van der Waals surface area contributed by atoms with E-state index in [-0.39, 0.29) is 0 Å². The molecule has 0 spiro atoms. The number of nitrogens with zero attached hydrogens (tertiary/aromatic N) is 1. The normalized spacial score (nSPS) is 12.8. The Balaban J connectivity index is 1.94. The maximum atomic E-state index is 5.50. The molecule has 1 N–H and O–H groups in total. The number of H-pyrrole nitrogens is 1. The summed E-state index contributed by atoms with van der Waals surface area (Å²) in [4.78, 5) is 7.95. The van der Waals surface area contributed by atoms with Crippen LogP contribution < -0.4 is 4.74 Å². The first-order valence-electron chi connectivity index (χ1n) is 7.09. The highest BCUT2D eigenvalue weighted by atomic mass is 32.2. The zero-order valence-electron chi connectivity index (χ0n) is 12.1. The molecule has 1 atom stereocenters. The largest absolute Gasteiger partial charge is 0.494 e. The van der Waals surface area contributed by atoms with E-state index in [0.717, 1.165) is 39.4 Å². The van der Waals surface area contributed by atoms with Gasteiger partial charge in [0.25, 0.3) is 0 Å². The molecule has 110 valence electrons. The van der Waals surface area contributed by atoms with Crippen molar-refractivity contribution in [2.45, 2.75) is 31.8 Å². The average Bonchev–Trinajstić information content (AvgIpc) is 2.81. The molecular formula is C15H22N2OS2. The quantitative estimate of drug-likeness (QED) is 0.560. The number of hydrogen-bond donors (Lipinski definition) is 2. The van der Waals surface area contributed by atoms with Gasteiger partial charge in [0.2, 0.25) is 0 Å². The van der Waals surface area contributed by atoms with Gasteiger partial charge in [-0.3, -0.25) is 0 Å². The second kappa shape index (κ2) is 7.84. The van der Waals surface area contributed by atoms with Gasteiger partial charge in [-0.1, -0.05) is 18.7 Å². The van der Waals surface area contributed by atoms with Crippen LogP contribution in [0.5, 0.6) is 5.75 Å². The first kappa shape index (κ1) is 15.6. The predicted molar refractivity (Wildman–Crippen MR) is 90.2 cm³/mol. The van der Waals surface area contributed by atoms with Gasteiger partial charge in [0.05, 0.1) is 17.6 Å². The van der Waals surface area contributed by atoms with Gasteiger partial charge in [-0.05, 0) is 43.6 Å². The van der Waals surface area contributed by atoms with Gasteiger partial charge in [0.1, 0.15) is 5.75 Å². The summed E-state index contributed by atoms with van der Waals surface area (Å²) in [6.45, 7) is 4.96. The summed E-state index contributed by atoms with van der Waals surface area (Å²) in [5, 5.41) is 0.992. The van der Waals surface area contributed by atoms with Crippen LogP contribution in [0.25, 0.3) is 11.0 Å². The van der Waals surface area contributed by atoms with Crippen molar-refractivity contribution in [3.63, 3.8) is 0 Å². The average molecular weight is 310 g/mol. The Hall–Kier alpha value is -0.810. The van der Waals surface area contributed by atoms with Gasteiger partial charge in [-0.15, -0.1) is 0 Å². The maximum Gasteiger partial charge on any atom is 0.166 e. The summed E-state index contributed by atoms with van der Waals surface area (Å²) < 4.78 is 5.50. The van der Waals surface area contributed by atoms with Crippen LogP contribution in [0.4, 0.5) is 0 Å². The smallest absolute Gasteiger partial charge is 0.166 e. The SMILES string of the molecule is CCOc1ccc2nc(SCCC(C)CCS)[nH]c2c1. The molecule has 0 aliphatic rings. The van der Waals surface area contributed by atoms with Gasteiger partial charge in [0.15, 0.2) is 5.16 Å². The number of thiol groups is 1. The van der Waals surface area contributed by atoms with Gasteiger partial charge in [-0.2, -0.15) is 12.6 Å². The Kier molecular flexibility index (Phi) is 6.10. The molecule has 20 heavy (non-hydrogen) atoms. The van der Waals surface area contributed by atoms with Crippen molar-refractivity contribution in [2.24, 2.45) is 5.92 Å². The maximum absolute atomic E-state index is 5.50. The molecule has 0 amide bonds. The van der Waals surface area contributed by atoms with Crippen LogP contribution >= 0.6 is 24.4 Å². The highest BCUT2D eigenvalue weighted by Gasteiger charge is 2.06. The standard InChI is InChI=1S/C15H22N2OS2/c1-3-18-12-4-5-13-14(10-12)17-15(16-13)20-9-7-11(2)6-8-19/h4-5,10-11,19H,3,6-9H2,1-2H3,(H,16,17). The number of aromatic amines is 1. The van der Waals surface area contributed by atoms with Crippen molar-refractivity contribution in [1.82, 2.24) is 9.97 Å². The van der Waals surface area contributed by atoms with Crippen molar-refractivity contribution in [3.8, 4) is 5.75 Å². The number of thioether (sulfide) groups is 1. The van der Waals surface area contributed by atoms with E-state index in [1.54, 1.807) is 11.8 Å². The second-order valence-electron chi connectivity index (χ2n) is 4.91. The summed E-state index contributed by atoms with van der Waals surface area (Å²) in [6.07, 6.45) is 2.38. The minimum Gasteiger partial charge on any atom is -0.494 e. The van der Waals surface area contributed by atoms with E-state index in [2.05, 4.69) is 29.5 Å². The number of hydrogen-bond acceptors (Lipinski definition) is 4. The third-order valence-corrected chi connectivity index (χ3v) is 4.38. The van der Waals surface area contributed by atoms with Gasteiger partial charge in [-0.25, -0.2) is 4.98 Å².